The minimum absolute atomic E-state index is 0.0369. The predicted molar refractivity (Wildman–Crippen MR) is 148 cm³/mol. The van der Waals surface area contributed by atoms with Crippen molar-refractivity contribution in [3.05, 3.63) is 110 Å². The molecule has 0 radical (unpaired) electrons. The molecule has 0 bridgehead atoms. The number of rotatable bonds is 9. The molecule has 2 aromatic heterocycles. The molecule has 0 aliphatic heterocycles. The Morgan fingerprint density at radius 1 is 0.897 bits per heavy atom. The monoisotopic (exact) mass is 529 g/mol. The number of fused-ring (bicyclic) bond motifs is 1. The first kappa shape index (κ1) is 25.7. The number of ether oxygens (including phenoxy) is 1. The topological polar surface area (TPSA) is 122 Å². The Morgan fingerprint density at radius 2 is 1.56 bits per heavy atom. The van der Waals surface area contributed by atoms with Gasteiger partial charge >= 0.3 is 11.4 Å². The van der Waals surface area contributed by atoms with Gasteiger partial charge in [0.1, 0.15) is 11.6 Å². The fourth-order valence-corrected chi connectivity index (χ4v) is 4.40. The molecule has 200 valence electrons. The minimum Gasteiger partial charge on any atom is -0.497 e. The Balaban J connectivity index is 1.46. The Bertz CT molecular complexity index is 1740. The molecule has 5 rings (SSSR count). The van der Waals surface area contributed by atoms with Crippen LogP contribution >= 0.6 is 0 Å². The van der Waals surface area contributed by atoms with Crippen molar-refractivity contribution in [2.45, 2.75) is 26.6 Å². The summed E-state index contributed by atoms with van der Waals surface area (Å²) in [6, 6.07) is 18.8. The first-order chi connectivity index (χ1) is 18.8. The Labute approximate surface area is 223 Å². The minimum atomic E-state index is -0.708. The number of nitrogens with two attached hydrogens (primary N) is 1. The van der Waals surface area contributed by atoms with E-state index in [0.717, 1.165) is 26.7 Å². The van der Waals surface area contributed by atoms with E-state index in [1.54, 1.807) is 19.2 Å². The van der Waals surface area contributed by atoms with Crippen LogP contribution in [0.5, 0.6) is 5.75 Å². The summed E-state index contributed by atoms with van der Waals surface area (Å²) >= 11 is 0. The number of hydrogen-bond donors (Lipinski definition) is 2. The lowest BCUT2D eigenvalue weighted by Gasteiger charge is -2.16. The normalized spacial score (nSPS) is 11.2. The molecule has 3 N–H and O–H groups in total. The van der Waals surface area contributed by atoms with Gasteiger partial charge in [0.25, 0.3) is 0 Å². The number of aromatic nitrogens is 5. The molecule has 0 amide bonds. The standard InChI is InChI=1S/C28H28FN7O3/c1-18-3-12-24-23(15-18)32-25(30)34(24)14-13-31-26-33-27(37)36(17-19-4-8-21(29)9-5-19)28(38)35(26)16-20-6-10-22(39-2)11-7-20/h3-12,15H,13-14,16-17H2,1-2H3,(H2,30,32)(H,31,33,37). The summed E-state index contributed by atoms with van der Waals surface area (Å²) in [5, 5.41) is 3.14. The number of imidazole rings is 1. The highest BCUT2D eigenvalue weighted by atomic mass is 19.1. The van der Waals surface area contributed by atoms with Crippen LogP contribution in [0.4, 0.5) is 16.3 Å². The van der Waals surface area contributed by atoms with Crippen LogP contribution in [0.3, 0.4) is 0 Å². The molecular formula is C28H28FN7O3. The molecule has 2 heterocycles. The molecule has 0 saturated carbocycles. The average molecular weight is 530 g/mol. The molecule has 10 nitrogen and oxygen atoms in total. The first-order valence-electron chi connectivity index (χ1n) is 12.4. The summed E-state index contributed by atoms with van der Waals surface area (Å²) in [4.78, 5) is 35.1. The fraction of sp³-hybridized carbons (Fsp3) is 0.214. The summed E-state index contributed by atoms with van der Waals surface area (Å²) in [5.74, 6) is 0.789. The molecule has 5 aromatic rings. The number of nitrogens with zero attached hydrogens (tertiary/aromatic N) is 5. The molecule has 11 heteroatoms. The molecule has 0 unspecified atom stereocenters. The van der Waals surface area contributed by atoms with E-state index in [-0.39, 0.29) is 19.0 Å². The molecule has 3 aromatic carbocycles. The van der Waals surface area contributed by atoms with E-state index in [1.807, 2.05) is 41.8 Å². The number of halogens is 1. The van der Waals surface area contributed by atoms with Gasteiger partial charge in [-0.15, -0.1) is 0 Å². The van der Waals surface area contributed by atoms with Gasteiger partial charge in [0.05, 0.1) is 31.2 Å². The van der Waals surface area contributed by atoms with Crippen molar-refractivity contribution in [3.8, 4) is 5.75 Å². The predicted octanol–water partition coefficient (Wildman–Crippen LogP) is 3.00. The van der Waals surface area contributed by atoms with E-state index < -0.39 is 17.2 Å². The molecule has 0 aliphatic rings. The maximum Gasteiger partial charge on any atom is 0.355 e. The molecular weight excluding hydrogens is 501 g/mol. The van der Waals surface area contributed by atoms with Gasteiger partial charge in [0.15, 0.2) is 0 Å². The number of nitrogen functional groups attached to an aromatic ring is 1. The maximum atomic E-state index is 13.6. The zero-order valence-electron chi connectivity index (χ0n) is 21.6. The smallest absolute Gasteiger partial charge is 0.355 e. The molecule has 0 saturated heterocycles. The Kier molecular flexibility index (Phi) is 7.13. The van der Waals surface area contributed by atoms with Crippen molar-refractivity contribution in [1.82, 2.24) is 23.7 Å². The highest BCUT2D eigenvalue weighted by molar-refractivity contribution is 5.79. The van der Waals surface area contributed by atoms with E-state index >= 15 is 0 Å². The second-order valence-corrected chi connectivity index (χ2v) is 9.19. The van der Waals surface area contributed by atoms with Crippen LogP contribution in [0.15, 0.2) is 76.3 Å². The van der Waals surface area contributed by atoms with Crippen molar-refractivity contribution in [2.75, 3.05) is 24.7 Å². The lowest BCUT2D eigenvalue weighted by Crippen LogP contribution is -2.43. The zero-order valence-corrected chi connectivity index (χ0v) is 21.6. The lowest BCUT2D eigenvalue weighted by molar-refractivity contribution is 0.414. The molecule has 0 spiro atoms. The van der Waals surface area contributed by atoms with E-state index in [0.29, 0.717) is 30.4 Å². The quantitative estimate of drug-likeness (QED) is 0.301. The molecule has 39 heavy (non-hydrogen) atoms. The van der Waals surface area contributed by atoms with Crippen molar-refractivity contribution in [1.29, 1.82) is 0 Å². The number of anilines is 2. The first-order valence-corrected chi connectivity index (χ1v) is 12.4. The Hall–Kier alpha value is -4.93. The summed E-state index contributed by atoms with van der Waals surface area (Å²) in [6.07, 6.45) is 0. The van der Waals surface area contributed by atoms with Gasteiger partial charge in [-0.2, -0.15) is 4.98 Å². The van der Waals surface area contributed by atoms with Gasteiger partial charge < -0.3 is 20.4 Å². The largest absolute Gasteiger partial charge is 0.497 e. The van der Waals surface area contributed by atoms with Crippen LogP contribution in [0.25, 0.3) is 11.0 Å². The van der Waals surface area contributed by atoms with Crippen LogP contribution in [-0.4, -0.2) is 37.3 Å². The summed E-state index contributed by atoms with van der Waals surface area (Å²) in [6.45, 7) is 2.88. The van der Waals surface area contributed by atoms with E-state index in [1.165, 1.54) is 28.8 Å². The van der Waals surface area contributed by atoms with Gasteiger partial charge in [0, 0.05) is 13.1 Å². The third-order valence-corrected chi connectivity index (χ3v) is 6.46. The summed E-state index contributed by atoms with van der Waals surface area (Å²) in [7, 11) is 1.58. The zero-order chi connectivity index (χ0) is 27.5. The molecule has 0 fully saturated rings. The summed E-state index contributed by atoms with van der Waals surface area (Å²) in [5.41, 5.74) is 9.09. The second kappa shape index (κ2) is 10.8. The molecule has 0 atom stereocenters. The maximum absolute atomic E-state index is 13.6. The highest BCUT2D eigenvalue weighted by Gasteiger charge is 2.15. The van der Waals surface area contributed by atoms with E-state index in [2.05, 4.69) is 15.3 Å². The van der Waals surface area contributed by atoms with Gasteiger partial charge in [-0.1, -0.05) is 30.3 Å². The number of methoxy groups -OCH3 is 1. The van der Waals surface area contributed by atoms with Crippen LogP contribution in [0.2, 0.25) is 0 Å². The van der Waals surface area contributed by atoms with Crippen molar-refractivity contribution < 1.29 is 9.13 Å². The van der Waals surface area contributed by atoms with Crippen molar-refractivity contribution in [3.63, 3.8) is 0 Å². The third kappa shape index (κ3) is 5.52. The van der Waals surface area contributed by atoms with Crippen molar-refractivity contribution >= 4 is 22.9 Å². The lowest BCUT2D eigenvalue weighted by atomic mass is 10.2. The van der Waals surface area contributed by atoms with Crippen LogP contribution in [0.1, 0.15) is 16.7 Å². The van der Waals surface area contributed by atoms with E-state index in [4.69, 9.17) is 10.5 Å². The van der Waals surface area contributed by atoms with Gasteiger partial charge in [-0.05, 0) is 60.0 Å². The third-order valence-electron chi connectivity index (χ3n) is 6.46. The van der Waals surface area contributed by atoms with Crippen LogP contribution < -0.4 is 27.2 Å². The van der Waals surface area contributed by atoms with Crippen molar-refractivity contribution in [2.24, 2.45) is 0 Å². The number of benzene rings is 3. The fourth-order valence-electron chi connectivity index (χ4n) is 4.40. The van der Waals surface area contributed by atoms with Gasteiger partial charge in [-0.3, -0.25) is 4.57 Å². The number of nitrogens with one attached hydrogen (secondary N) is 1. The van der Waals surface area contributed by atoms with Crippen LogP contribution in [-0.2, 0) is 19.6 Å². The van der Waals surface area contributed by atoms with E-state index in [9.17, 15) is 14.0 Å². The van der Waals surface area contributed by atoms with Gasteiger partial charge in [0.2, 0.25) is 11.9 Å². The van der Waals surface area contributed by atoms with Crippen LogP contribution in [0, 0.1) is 12.7 Å². The number of aryl methyl sites for hydroxylation is 1. The molecule has 0 aliphatic carbocycles. The van der Waals surface area contributed by atoms with Gasteiger partial charge in [-0.25, -0.2) is 23.5 Å². The summed E-state index contributed by atoms with van der Waals surface area (Å²) < 4.78 is 22.9. The Morgan fingerprint density at radius 3 is 2.26 bits per heavy atom. The second-order valence-electron chi connectivity index (χ2n) is 9.19. The average Bonchev–Trinajstić information content (AvgIpc) is 3.23. The SMILES string of the molecule is COc1ccc(Cn2c(NCCn3c(N)nc4cc(C)ccc43)nc(=O)n(Cc3ccc(F)cc3)c2=O)cc1. The number of hydrogen-bond acceptors (Lipinski definition) is 7. The highest BCUT2D eigenvalue weighted by Crippen LogP contribution is 2.19.